The van der Waals surface area contributed by atoms with Crippen molar-refractivity contribution in [2.45, 2.75) is 194 Å². The van der Waals surface area contributed by atoms with Gasteiger partial charge in [-0.3, -0.25) is 0 Å². The van der Waals surface area contributed by atoms with Crippen molar-refractivity contribution in [3.05, 3.63) is 24.3 Å². The molecule has 0 aliphatic rings. The molecule has 0 spiro atoms. The largest absolute Gasteiger partial charge is 2.00 e. The molecule has 280 valence electrons. The third kappa shape index (κ3) is 51.4. The Hall–Kier alpha value is -1.07. The Morgan fingerprint density at radius 2 is 0.571 bits per heavy atom. The van der Waals surface area contributed by atoms with E-state index in [1.54, 1.807) is 0 Å². The Bertz CT molecular complexity index is 746. The van der Waals surface area contributed by atoms with Crippen LogP contribution in [0.25, 0.3) is 0 Å². The van der Waals surface area contributed by atoms with Crippen LogP contribution in [0.3, 0.4) is 0 Å². The van der Waals surface area contributed by atoms with Crippen molar-refractivity contribution in [1.82, 2.24) is 0 Å². The van der Waals surface area contributed by atoms with Crippen molar-refractivity contribution in [3.8, 4) is 0 Å². The quantitative estimate of drug-likeness (QED) is 0.0275. The maximum Gasteiger partial charge on any atom is 2.00 e. The van der Waals surface area contributed by atoms with Crippen molar-refractivity contribution in [2.24, 2.45) is 0 Å². The molecule has 0 saturated heterocycles. The Morgan fingerprint density at radius 1 is 0.367 bits per heavy atom. The first-order valence-electron chi connectivity index (χ1n) is 19.4. The van der Waals surface area contributed by atoms with Crippen LogP contribution in [0.2, 0.25) is 0 Å². The smallest absolute Gasteiger partial charge is 0.545 e. The number of carboxylic acid groups (broad SMARTS) is 2. The Labute approximate surface area is 340 Å². The fourth-order valence-corrected chi connectivity index (χ4v) is 5.31. The van der Waals surface area contributed by atoms with Crippen molar-refractivity contribution in [2.75, 3.05) is 13.2 Å². The van der Waals surface area contributed by atoms with E-state index >= 15 is 0 Å². The van der Waals surface area contributed by atoms with Gasteiger partial charge in [-0.15, -0.1) is 0 Å². The van der Waals surface area contributed by atoms with Crippen LogP contribution in [-0.4, -0.2) is 86.0 Å². The van der Waals surface area contributed by atoms with Crippen molar-refractivity contribution < 1.29 is 38.9 Å². The van der Waals surface area contributed by atoms with E-state index in [-0.39, 0.29) is 48.9 Å². The molecule has 9 heteroatoms. The van der Waals surface area contributed by atoms with Crippen LogP contribution in [0.1, 0.15) is 194 Å². The molecule has 0 aromatic rings. The molecular weight excluding hydrogens is 746 g/mol. The molecular formula is C40H70BaO8. The monoisotopic (exact) mass is 816 g/mol. The van der Waals surface area contributed by atoms with E-state index in [1.165, 1.54) is 154 Å². The number of ether oxygens (including phenoxy) is 2. The second-order valence-electron chi connectivity index (χ2n) is 12.8. The van der Waals surface area contributed by atoms with Crippen molar-refractivity contribution in [1.29, 1.82) is 0 Å². The molecule has 0 aromatic carbocycles. The number of carbonyl (C=O) groups excluding carboxylic acids is 4. The number of carboxylic acids is 2. The number of rotatable bonds is 34. The topological polar surface area (TPSA) is 133 Å². The number of unbranched alkanes of at least 4 members (excludes halogenated alkanes) is 26. The van der Waals surface area contributed by atoms with Gasteiger partial charge in [0.1, 0.15) is 0 Å². The molecule has 0 N–H and O–H groups in total. The summed E-state index contributed by atoms with van der Waals surface area (Å²) in [6.07, 6.45) is 39.1. The molecule has 49 heavy (non-hydrogen) atoms. The number of carbonyl (C=O) groups is 4. The molecule has 0 rings (SSSR count). The van der Waals surface area contributed by atoms with Crippen molar-refractivity contribution >= 4 is 72.8 Å². The molecule has 0 amide bonds. The minimum Gasteiger partial charge on any atom is -0.545 e. The first kappa shape index (κ1) is 52.3. The maximum atomic E-state index is 11.1. The van der Waals surface area contributed by atoms with Gasteiger partial charge >= 0.3 is 60.8 Å². The second-order valence-corrected chi connectivity index (χ2v) is 12.8. The molecule has 0 unspecified atom stereocenters. The normalized spacial score (nSPS) is 10.8. The van der Waals surface area contributed by atoms with Crippen LogP contribution in [0, 0.1) is 0 Å². The third-order valence-corrected chi connectivity index (χ3v) is 8.20. The van der Waals surface area contributed by atoms with Crippen LogP contribution in [0.4, 0.5) is 0 Å². The summed E-state index contributed by atoms with van der Waals surface area (Å²) in [4.78, 5) is 42.4. The average molecular weight is 816 g/mol. The Kier molecular flexibility index (Phi) is 48.0. The van der Waals surface area contributed by atoms with Crippen LogP contribution in [-0.2, 0) is 28.7 Å². The molecule has 8 nitrogen and oxygen atoms in total. The molecule has 0 heterocycles. The zero-order valence-corrected chi connectivity index (χ0v) is 35.9. The standard InChI is InChI=1S/2C20H36O4.Ba/c2*1-2-3-4-5-6-7-8-9-10-11-12-13-14-15-18-24-20(23)17-16-19(21)22;/h2*16-17H,2-15,18H2,1H3,(H,21,22);/q;;+2/p-2/b2*17-16+;. The molecule has 0 atom stereocenters. The average Bonchev–Trinajstić information content (AvgIpc) is 3.06. The van der Waals surface area contributed by atoms with Crippen LogP contribution < -0.4 is 10.2 Å². The van der Waals surface area contributed by atoms with E-state index in [4.69, 9.17) is 9.47 Å². The second kappa shape index (κ2) is 45.0. The fourth-order valence-electron chi connectivity index (χ4n) is 5.31. The summed E-state index contributed by atoms with van der Waals surface area (Å²) in [6.45, 7) is 5.22. The summed E-state index contributed by atoms with van der Waals surface area (Å²) in [5.41, 5.74) is 0. The molecule has 0 aliphatic heterocycles. The van der Waals surface area contributed by atoms with Gasteiger partial charge in [0.2, 0.25) is 0 Å². The minimum atomic E-state index is -1.39. The van der Waals surface area contributed by atoms with E-state index in [0.717, 1.165) is 37.8 Å². The van der Waals surface area contributed by atoms with E-state index in [9.17, 15) is 29.4 Å². The zero-order valence-electron chi connectivity index (χ0n) is 31.5. The Morgan fingerprint density at radius 3 is 0.776 bits per heavy atom. The van der Waals surface area contributed by atoms with Gasteiger partial charge < -0.3 is 29.3 Å². The van der Waals surface area contributed by atoms with E-state index in [1.807, 2.05) is 0 Å². The van der Waals surface area contributed by atoms with Gasteiger partial charge in [0.15, 0.2) is 0 Å². The summed E-state index contributed by atoms with van der Waals surface area (Å²) in [5, 5.41) is 20.2. The van der Waals surface area contributed by atoms with Gasteiger partial charge in [-0.05, 0) is 25.0 Å². The van der Waals surface area contributed by atoms with Gasteiger partial charge in [0.05, 0.1) is 25.2 Å². The Balaban J connectivity index is -0.000000846. The van der Waals surface area contributed by atoms with Crippen LogP contribution >= 0.6 is 0 Å². The molecule has 0 aromatic heterocycles. The SMILES string of the molecule is CCCCCCCCCCCCCCCCOC(=O)/C=C/C(=O)[O-].CCCCCCCCCCCCCCCCOC(=O)/C=C/C(=O)[O-].[Ba+2]. The van der Waals surface area contributed by atoms with Crippen LogP contribution in [0.15, 0.2) is 24.3 Å². The molecule has 0 aliphatic carbocycles. The third-order valence-electron chi connectivity index (χ3n) is 8.20. The van der Waals surface area contributed by atoms with Crippen molar-refractivity contribution in [3.63, 3.8) is 0 Å². The van der Waals surface area contributed by atoms with Gasteiger partial charge in [-0.2, -0.15) is 0 Å². The molecule has 0 saturated carbocycles. The van der Waals surface area contributed by atoms with Gasteiger partial charge in [-0.25, -0.2) is 9.59 Å². The number of aliphatic carboxylic acids is 2. The molecule has 0 fully saturated rings. The molecule has 0 radical (unpaired) electrons. The fraction of sp³-hybridized carbons (Fsp3) is 0.800. The summed E-state index contributed by atoms with van der Waals surface area (Å²) in [5.74, 6) is -4.00. The predicted molar refractivity (Wildman–Crippen MR) is 197 cm³/mol. The predicted octanol–water partition coefficient (Wildman–Crippen LogP) is 8.25. The van der Waals surface area contributed by atoms with Gasteiger partial charge in [0.25, 0.3) is 0 Å². The number of esters is 2. The summed E-state index contributed by atoms with van der Waals surface area (Å²) < 4.78 is 9.77. The van der Waals surface area contributed by atoms with E-state index in [2.05, 4.69) is 13.8 Å². The number of hydrogen-bond acceptors (Lipinski definition) is 8. The van der Waals surface area contributed by atoms with Crippen LogP contribution in [0.5, 0.6) is 0 Å². The maximum absolute atomic E-state index is 11.1. The zero-order chi connectivity index (χ0) is 35.8. The van der Waals surface area contributed by atoms with E-state index < -0.39 is 23.9 Å². The first-order chi connectivity index (χ1) is 23.3. The summed E-state index contributed by atoms with van der Waals surface area (Å²) in [7, 11) is 0. The van der Waals surface area contributed by atoms with Gasteiger partial charge in [-0.1, -0.05) is 181 Å². The summed E-state index contributed by atoms with van der Waals surface area (Å²) >= 11 is 0. The minimum absolute atomic E-state index is 0. The first-order valence-corrected chi connectivity index (χ1v) is 19.4. The molecule has 0 bridgehead atoms. The van der Waals surface area contributed by atoms with Gasteiger partial charge in [0, 0.05) is 12.2 Å². The summed E-state index contributed by atoms with van der Waals surface area (Å²) in [6, 6.07) is 0. The number of hydrogen-bond donors (Lipinski definition) is 0. The van der Waals surface area contributed by atoms with E-state index in [0.29, 0.717) is 25.4 Å².